The van der Waals surface area contributed by atoms with Gasteiger partial charge in [-0.25, -0.2) is 0 Å². The molecule has 1 aromatic carbocycles. The maximum Gasteiger partial charge on any atom is 0.0560 e. The van der Waals surface area contributed by atoms with Crippen LogP contribution in [0.5, 0.6) is 0 Å². The van der Waals surface area contributed by atoms with Gasteiger partial charge >= 0.3 is 0 Å². The van der Waals surface area contributed by atoms with E-state index in [1.54, 1.807) is 6.20 Å². The van der Waals surface area contributed by atoms with Gasteiger partial charge < -0.3 is 10.6 Å². The number of halogens is 1. The topological polar surface area (TPSA) is 42.2 Å². The number of anilines is 1. The second kappa shape index (κ2) is 5.85. The Hall–Kier alpha value is -1.58. The number of pyridine rings is 1. The highest BCUT2D eigenvalue weighted by Gasteiger charge is 2.03. The Balaban J connectivity index is 2.13. The fourth-order valence-corrected chi connectivity index (χ4v) is 2.03. The summed E-state index contributed by atoms with van der Waals surface area (Å²) in [6.45, 7) is 1.26. The molecule has 0 aliphatic rings. The average molecular weight is 262 g/mol. The number of hydrogen-bond acceptors (Lipinski definition) is 3. The van der Waals surface area contributed by atoms with E-state index < -0.39 is 0 Å². The molecule has 3 nitrogen and oxygen atoms in total. The van der Waals surface area contributed by atoms with Crippen LogP contribution in [0, 0.1) is 0 Å². The summed E-state index contributed by atoms with van der Waals surface area (Å²) in [6, 6.07) is 11.9. The van der Waals surface area contributed by atoms with E-state index >= 15 is 0 Å². The summed E-state index contributed by atoms with van der Waals surface area (Å²) < 4.78 is 0. The number of nitrogens with zero attached hydrogens (tertiary/aromatic N) is 2. The highest BCUT2D eigenvalue weighted by molar-refractivity contribution is 6.30. The predicted octanol–water partition coefficient (Wildman–Crippen LogP) is 2.83. The van der Waals surface area contributed by atoms with Crippen LogP contribution in [0.3, 0.4) is 0 Å². The summed E-state index contributed by atoms with van der Waals surface area (Å²) in [5.74, 6) is 0. The Morgan fingerprint density at radius 2 is 2.11 bits per heavy atom. The standard InChI is InChI=1S/C14H16ClN3/c1-18(10-11-3-2-4-12(15)7-11)14-5-6-17-13(8-14)9-16/h2-8H,9-10,16H2,1H3. The van der Waals surface area contributed by atoms with Crippen molar-refractivity contribution in [2.75, 3.05) is 11.9 Å². The van der Waals surface area contributed by atoms with Crippen molar-refractivity contribution in [1.82, 2.24) is 4.98 Å². The highest BCUT2D eigenvalue weighted by Crippen LogP contribution is 2.17. The van der Waals surface area contributed by atoms with Crippen molar-refractivity contribution < 1.29 is 0 Å². The zero-order valence-electron chi connectivity index (χ0n) is 10.3. The lowest BCUT2D eigenvalue weighted by Crippen LogP contribution is -2.17. The van der Waals surface area contributed by atoms with Crippen molar-refractivity contribution in [2.24, 2.45) is 5.73 Å². The molecule has 0 saturated carbocycles. The van der Waals surface area contributed by atoms with Crippen LogP contribution in [0.4, 0.5) is 5.69 Å². The fourth-order valence-electron chi connectivity index (χ4n) is 1.81. The van der Waals surface area contributed by atoms with Crippen LogP contribution in [0.1, 0.15) is 11.3 Å². The second-order valence-corrected chi connectivity index (χ2v) is 4.63. The molecule has 0 bridgehead atoms. The van der Waals surface area contributed by atoms with E-state index in [1.807, 2.05) is 37.4 Å². The molecule has 18 heavy (non-hydrogen) atoms. The van der Waals surface area contributed by atoms with Gasteiger partial charge in [0.15, 0.2) is 0 Å². The average Bonchev–Trinajstić information content (AvgIpc) is 2.39. The number of rotatable bonds is 4. The van der Waals surface area contributed by atoms with Crippen molar-refractivity contribution in [3.05, 3.63) is 58.9 Å². The van der Waals surface area contributed by atoms with Crippen LogP contribution in [0.25, 0.3) is 0 Å². The Bertz CT molecular complexity index is 528. The van der Waals surface area contributed by atoms with E-state index in [4.69, 9.17) is 17.3 Å². The molecule has 1 heterocycles. The van der Waals surface area contributed by atoms with Crippen LogP contribution >= 0.6 is 11.6 Å². The van der Waals surface area contributed by atoms with Crippen molar-refractivity contribution in [3.63, 3.8) is 0 Å². The lowest BCUT2D eigenvalue weighted by molar-refractivity contribution is 0.909. The first-order chi connectivity index (χ1) is 8.69. The van der Waals surface area contributed by atoms with Gasteiger partial charge in [0.1, 0.15) is 0 Å². The predicted molar refractivity (Wildman–Crippen MR) is 75.7 cm³/mol. The van der Waals surface area contributed by atoms with Gasteiger partial charge in [0.25, 0.3) is 0 Å². The SMILES string of the molecule is CN(Cc1cccc(Cl)c1)c1ccnc(CN)c1. The summed E-state index contributed by atoms with van der Waals surface area (Å²) >= 11 is 5.98. The first kappa shape index (κ1) is 12.9. The summed E-state index contributed by atoms with van der Waals surface area (Å²) in [4.78, 5) is 6.33. The molecule has 0 fully saturated rings. The zero-order valence-corrected chi connectivity index (χ0v) is 11.1. The van der Waals surface area contributed by atoms with E-state index in [0.717, 1.165) is 22.9 Å². The molecule has 2 N–H and O–H groups in total. The summed E-state index contributed by atoms with van der Waals surface area (Å²) in [5.41, 5.74) is 8.77. The third kappa shape index (κ3) is 3.22. The molecule has 0 aliphatic carbocycles. The molecule has 0 amide bonds. The third-order valence-electron chi connectivity index (χ3n) is 2.76. The smallest absolute Gasteiger partial charge is 0.0560 e. The quantitative estimate of drug-likeness (QED) is 0.920. The van der Waals surface area contributed by atoms with Crippen LogP contribution in [0.15, 0.2) is 42.6 Å². The van der Waals surface area contributed by atoms with Gasteiger partial charge in [0.05, 0.1) is 5.69 Å². The van der Waals surface area contributed by atoms with E-state index in [-0.39, 0.29) is 0 Å². The maximum absolute atomic E-state index is 5.98. The molecule has 0 unspecified atom stereocenters. The normalized spacial score (nSPS) is 10.4. The molecule has 2 rings (SSSR count). The van der Waals surface area contributed by atoms with Gasteiger partial charge in [-0.3, -0.25) is 4.98 Å². The van der Waals surface area contributed by atoms with Crippen molar-refractivity contribution >= 4 is 17.3 Å². The van der Waals surface area contributed by atoms with Crippen LogP contribution < -0.4 is 10.6 Å². The van der Waals surface area contributed by atoms with E-state index in [0.29, 0.717) is 6.54 Å². The summed E-state index contributed by atoms with van der Waals surface area (Å²) in [5, 5.41) is 0.762. The maximum atomic E-state index is 5.98. The molecular formula is C14H16ClN3. The molecule has 0 atom stereocenters. The molecule has 0 aliphatic heterocycles. The summed E-state index contributed by atoms with van der Waals surface area (Å²) in [6.07, 6.45) is 1.78. The molecule has 4 heteroatoms. The largest absolute Gasteiger partial charge is 0.370 e. The van der Waals surface area contributed by atoms with Crippen LogP contribution in [-0.2, 0) is 13.1 Å². The highest BCUT2D eigenvalue weighted by atomic mass is 35.5. The minimum absolute atomic E-state index is 0.457. The number of benzene rings is 1. The van der Waals surface area contributed by atoms with Gasteiger partial charge in [0.2, 0.25) is 0 Å². The molecule has 0 radical (unpaired) electrons. The van der Waals surface area contributed by atoms with E-state index in [1.165, 1.54) is 5.56 Å². The Kier molecular flexibility index (Phi) is 4.18. The van der Waals surface area contributed by atoms with Gasteiger partial charge in [-0.15, -0.1) is 0 Å². The van der Waals surface area contributed by atoms with Crippen LogP contribution in [0.2, 0.25) is 5.02 Å². The fraction of sp³-hybridized carbons (Fsp3) is 0.214. The monoisotopic (exact) mass is 261 g/mol. The van der Waals surface area contributed by atoms with Gasteiger partial charge in [0, 0.05) is 37.0 Å². The minimum Gasteiger partial charge on any atom is -0.370 e. The Morgan fingerprint density at radius 3 is 2.83 bits per heavy atom. The van der Waals surface area contributed by atoms with Crippen molar-refractivity contribution in [1.29, 1.82) is 0 Å². The lowest BCUT2D eigenvalue weighted by Gasteiger charge is -2.19. The minimum atomic E-state index is 0.457. The number of nitrogens with two attached hydrogens (primary N) is 1. The number of aromatic nitrogens is 1. The zero-order chi connectivity index (χ0) is 13.0. The lowest BCUT2D eigenvalue weighted by atomic mass is 10.2. The second-order valence-electron chi connectivity index (χ2n) is 4.20. The number of hydrogen-bond donors (Lipinski definition) is 1. The van der Waals surface area contributed by atoms with Gasteiger partial charge in [-0.2, -0.15) is 0 Å². The molecule has 1 aromatic heterocycles. The van der Waals surface area contributed by atoms with Crippen LogP contribution in [-0.4, -0.2) is 12.0 Å². The van der Waals surface area contributed by atoms with Crippen molar-refractivity contribution in [2.45, 2.75) is 13.1 Å². The first-order valence-corrected chi connectivity index (χ1v) is 6.17. The van der Waals surface area contributed by atoms with E-state index in [9.17, 15) is 0 Å². The molecule has 94 valence electrons. The van der Waals surface area contributed by atoms with E-state index in [2.05, 4.69) is 16.0 Å². The van der Waals surface area contributed by atoms with Gasteiger partial charge in [-0.1, -0.05) is 23.7 Å². The molecule has 2 aromatic rings. The molecule has 0 spiro atoms. The molecular weight excluding hydrogens is 246 g/mol. The van der Waals surface area contributed by atoms with Gasteiger partial charge in [-0.05, 0) is 29.8 Å². The summed E-state index contributed by atoms with van der Waals surface area (Å²) in [7, 11) is 2.04. The Labute approximate surface area is 112 Å². The van der Waals surface area contributed by atoms with Crippen molar-refractivity contribution in [3.8, 4) is 0 Å². The Morgan fingerprint density at radius 1 is 1.28 bits per heavy atom. The first-order valence-electron chi connectivity index (χ1n) is 5.79. The molecule has 0 saturated heterocycles. The third-order valence-corrected chi connectivity index (χ3v) is 2.99.